The number of hydrogen-bond acceptors (Lipinski definition) is 6. The first-order valence-electron chi connectivity index (χ1n) is 8.49. The van der Waals surface area contributed by atoms with Crippen molar-refractivity contribution in [3.05, 3.63) is 46.3 Å². The van der Waals surface area contributed by atoms with Crippen LogP contribution < -0.4 is 4.74 Å². The van der Waals surface area contributed by atoms with E-state index in [1.807, 2.05) is 19.1 Å². The number of aromatic carboxylic acids is 1. The van der Waals surface area contributed by atoms with E-state index in [1.54, 1.807) is 7.11 Å². The molecule has 2 heterocycles. The lowest BCUT2D eigenvalue weighted by molar-refractivity contribution is 0.0697. The van der Waals surface area contributed by atoms with E-state index in [0.29, 0.717) is 32.7 Å². The van der Waals surface area contributed by atoms with Gasteiger partial charge in [0, 0.05) is 43.7 Å². The first-order chi connectivity index (χ1) is 12.8. The molecule has 1 aromatic carbocycles. The smallest absolute Gasteiger partial charge is 0.336 e. The monoisotopic (exact) mass is 410 g/mol. The van der Waals surface area contributed by atoms with Crippen LogP contribution in [0.5, 0.6) is 5.75 Å². The number of rotatable bonds is 6. The van der Waals surface area contributed by atoms with Crippen molar-refractivity contribution in [3.63, 3.8) is 0 Å². The van der Waals surface area contributed by atoms with Gasteiger partial charge in [-0.15, -0.1) is 11.3 Å². The molecule has 1 aliphatic rings. The van der Waals surface area contributed by atoms with Crippen LogP contribution in [-0.2, 0) is 16.6 Å². The van der Waals surface area contributed by atoms with Crippen molar-refractivity contribution in [3.8, 4) is 5.75 Å². The number of carboxylic acids is 1. The Morgan fingerprint density at radius 3 is 2.52 bits per heavy atom. The molecule has 0 radical (unpaired) electrons. The molecule has 1 saturated heterocycles. The zero-order valence-corrected chi connectivity index (χ0v) is 16.8. The van der Waals surface area contributed by atoms with Crippen molar-refractivity contribution in [1.29, 1.82) is 0 Å². The number of aryl methyl sites for hydroxylation is 1. The van der Waals surface area contributed by atoms with Gasteiger partial charge in [-0.25, -0.2) is 13.2 Å². The van der Waals surface area contributed by atoms with Crippen molar-refractivity contribution < 1.29 is 23.1 Å². The molecule has 1 fully saturated rings. The molecular formula is C18H22N2O5S2. The van der Waals surface area contributed by atoms with E-state index >= 15 is 0 Å². The predicted molar refractivity (Wildman–Crippen MR) is 103 cm³/mol. The number of benzene rings is 1. The van der Waals surface area contributed by atoms with Gasteiger partial charge in [-0.1, -0.05) is 17.7 Å². The Kier molecular flexibility index (Phi) is 5.85. The van der Waals surface area contributed by atoms with Gasteiger partial charge >= 0.3 is 5.97 Å². The Morgan fingerprint density at radius 1 is 1.22 bits per heavy atom. The molecule has 3 rings (SSSR count). The second-order valence-electron chi connectivity index (χ2n) is 6.46. The van der Waals surface area contributed by atoms with Crippen LogP contribution in [0.3, 0.4) is 0 Å². The normalized spacial score (nSPS) is 16.4. The lowest BCUT2D eigenvalue weighted by Crippen LogP contribution is -2.48. The van der Waals surface area contributed by atoms with Crippen LogP contribution in [0.4, 0.5) is 0 Å². The molecular weight excluding hydrogens is 388 g/mol. The van der Waals surface area contributed by atoms with Crippen molar-refractivity contribution in [2.45, 2.75) is 17.7 Å². The summed E-state index contributed by atoms with van der Waals surface area (Å²) in [6, 6.07) is 7.26. The van der Waals surface area contributed by atoms with Gasteiger partial charge in [0.25, 0.3) is 10.0 Å². The van der Waals surface area contributed by atoms with Crippen LogP contribution in [0, 0.1) is 6.92 Å². The standard InChI is InChI=1S/C18H22N2O5S2/c1-13-3-4-16(25-2)14(9-13)11-19-5-7-20(8-6-19)27(23,24)17-10-15(12-26-17)18(21)22/h3-4,9-10,12H,5-8,11H2,1-2H3,(H,21,22). The Balaban J connectivity index is 1.66. The van der Waals surface area contributed by atoms with Crippen LogP contribution in [0.25, 0.3) is 0 Å². The van der Waals surface area contributed by atoms with Crippen LogP contribution in [0.1, 0.15) is 21.5 Å². The van der Waals surface area contributed by atoms with Gasteiger partial charge in [0.05, 0.1) is 12.7 Å². The van der Waals surface area contributed by atoms with Gasteiger partial charge in [-0.3, -0.25) is 4.90 Å². The lowest BCUT2D eigenvalue weighted by atomic mass is 10.1. The highest BCUT2D eigenvalue weighted by atomic mass is 32.2. The fourth-order valence-corrected chi connectivity index (χ4v) is 5.82. The third-order valence-electron chi connectivity index (χ3n) is 4.58. The number of carbonyl (C=O) groups is 1. The van der Waals surface area contributed by atoms with E-state index in [4.69, 9.17) is 9.84 Å². The Bertz CT molecular complexity index is 931. The summed E-state index contributed by atoms with van der Waals surface area (Å²) < 4.78 is 32.4. The van der Waals surface area contributed by atoms with Crippen molar-refractivity contribution in [2.75, 3.05) is 33.3 Å². The van der Waals surface area contributed by atoms with Gasteiger partial charge in [0.2, 0.25) is 0 Å². The topological polar surface area (TPSA) is 87.2 Å². The first kappa shape index (κ1) is 19.8. The first-order valence-corrected chi connectivity index (χ1v) is 10.8. The zero-order chi connectivity index (χ0) is 19.6. The summed E-state index contributed by atoms with van der Waals surface area (Å²) in [7, 11) is -2.01. The minimum absolute atomic E-state index is 0.00348. The van der Waals surface area contributed by atoms with Gasteiger partial charge in [-0.2, -0.15) is 4.31 Å². The van der Waals surface area contributed by atoms with E-state index in [-0.39, 0.29) is 9.77 Å². The predicted octanol–water partition coefficient (Wildman–Crippen LogP) is 2.27. The van der Waals surface area contributed by atoms with E-state index in [9.17, 15) is 13.2 Å². The Morgan fingerprint density at radius 2 is 1.93 bits per heavy atom. The molecule has 0 amide bonds. The molecule has 146 valence electrons. The van der Waals surface area contributed by atoms with Gasteiger partial charge in [0.1, 0.15) is 9.96 Å². The third kappa shape index (κ3) is 4.32. The quantitative estimate of drug-likeness (QED) is 0.786. The molecule has 2 aromatic rings. The Labute approximate surface area is 162 Å². The number of sulfonamides is 1. The highest BCUT2D eigenvalue weighted by molar-refractivity contribution is 7.91. The van der Waals surface area contributed by atoms with Crippen LogP contribution in [-0.4, -0.2) is 62.0 Å². The van der Waals surface area contributed by atoms with Crippen molar-refractivity contribution >= 4 is 27.3 Å². The average molecular weight is 411 g/mol. The number of methoxy groups -OCH3 is 1. The maximum Gasteiger partial charge on any atom is 0.336 e. The third-order valence-corrected chi connectivity index (χ3v) is 7.89. The summed E-state index contributed by atoms with van der Waals surface area (Å²) in [6.45, 7) is 4.68. The maximum atomic E-state index is 12.7. The van der Waals surface area contributed by atoms with Crippen molar-refractivity contribution in [2.24, 2.45) is 0 Å². The summed E-state index contributed by atoms with van der Waals surface area (Å²) in [5, 5.41) is 10.3. The zero-order valence-electron chi connectivity index (χ0n) is 15.2. The molecule has 0 aliphatic carbocycles. The molecule has 0 bridgehead atoms. The number of piperazine rings is 1. The molecule has 1 N–H and O–H groups in total. The van der Waals surface area contributed by atoms with E-state index in [0.717, 1.165) is 28.2 Å². The number of ether oxygens (including phenoxy) is 1. The summed E-state index contributed by atoms with van der Waals surface area (Å²) in [5.41, 5.74) is 2.24. The highest BCUT2D eigenvalue weighted by Gasteiger charge is 2.30. The summed E-state index contributed by atoms with van der Waals surface area (Å²) in [4.78, 5) is 13.2. The molecule has 9 heteroatoms. The summed E-state index contributed by atoms with van der Waals surface area (Å²) in [5.74, 6) is -0.292. The minimum Gasteiger partial charge on any atom is -0.496 e. The fraction of sp³-hybridized carbons (Fsp3) is 0.389. The number of hydrogen-bond donors (Lipinski definition) is 1. The molecule has 27 heavy (non-hydrogen) atoms. The molecule has 1 aromatic heterocycles. The molecule has 1 aliphatic heterocycles. The number of thiophene rings is 1. The van der Waals surface area contributed by atoms with Crippen LogP contribution >= 0.6 is 11.3 Å². The van der Waals surface area contributed by atoms with Crippen LogP contribution in [0.2, 0.25) is 0 Å². The minimum atomic E-state index is -3.65. The Hall–Kier alpha value is -1.94. The lowest BCUT2D eigenvalue weighted by Gasteiger charge is -2.34. The average Bonchev–Trinajstić information content (AvgIpc) is 3.14. The van der Waals surface area contributed by atoms with Crippen molar-refractivity contribution in [1.82, 2.24) is 9.21 Å². The van der Waals surface area contributed by atoms with E-state index < -0.39 is 16.0 Å². The maximum absolute atomic E-state index is 12.7. The largest absolute Gasteiger partial charge is 0.496 e. The highest BCUT2D eigenvalue weighted by Crippen LogP contribution is 2.26. The van der Waals surface area contributed by atoms with Gasteiger partial charge in [0.15, 0.2) is 0 Å². The summed E-state index contributed by atoms with van der Waals surface area (Å²) >= 11 is 0.948. The fourth-order valence-electron chi connectivity index (χ4n) is 3.09. The molecule has 0 atom stereocenters. The number of nitrogens with zero attached hydrogens (tertiary/aromatic N) is 2. The van der Waals surface area contributed by atoms with Crippen LogP contribution in [0.15, 0.2) is 33.9 Å². The second-order valence-corrected chi connectivity index (χ2v) is 9.53. The SMILES string of the molecule is COc1ccc(C)cc1CN1CCN(S(=O)(=O)c2cc(C(=O)O)cs2)CC1. The van der Waals surface area contributed by atoms with Gasteiger partial charge < -0.3 is 9.84 Å². The summed E-state index contributed by atoms with van der Waals surface area (Å²) in [6.07, 6.45) is 0. The molecule has 7 nitrogen and oxygen atoms in total. The van der Waals surface area contributed by atoms with Gasteiger partial charge in [-0.05, 0) is 19.1 Å². The molecule has 0 saturated carbocycles. The second kappa shape index (κ2) is 7.97. The molecule has 0 spiro atoms. The van der Waals surface area contributed by atoms with E-state index in [2.05, 4.69) is 11.0 Å². The molecule has 0 unspecified atom stereocenters. The number of carboxylic acid groups (broad SMARTS) is 1. The van der Waals surface area contributed by atoms with E-state index in [1.165, 1.54) is 15.8 Å².